The molecule has 0 aliphatic carbocycles. The van der Waals surface area contributed by atoms with Crippen molar-refractivity contribution in [2.75, 3.05) is 0 Å². The highest BCUT2D eigenvalue weighted by Gasteiger charge is 1.96. The van der Waals surface area contributed by atoms with Crippen molar-refractivity contribution in [1.82, 2.24) is 4.57 Å². The van der Waals surface area contributed by atoms with E-state index in [-0.39, 0.29) is 0 Å². The van der Waals surface area contributed by atoms with Crippen LogP contribution in [0.4, 0.5) is 0 Å². The quantitative estimate of drug-likeness (QED) is 0.640. The number of nitrogens with zero attached hydrogens (tertiary/aromatic N) is 1. The van der Waals surface area contributed by atoms with Crippen LogP contribution in [0.15, 0.2) is 18.3 Å². The van der Waals surface area contributed by atoms with Gasteiger partial charge in [0.25, 0.3) is 0 Å². The molecule has 2 N–H and O–H groups in total. The molecule has 0 bridgehead atoms. The zero-order chi connectivity index (χ0) is 7.56. The van der Waals surface area contributed by atoms with Gasteiger partial charge in [-0.25, -0.2) is 0 Å². The first-order chi connectivity index (χ1) is 4.70. The van der Waals surface area contributed by atoms with Crippen LogP contribution in [0, 0.1) is 0 Å². The van der Waals surface area contributed by atoms with E-state index >= 15 is 0 Å². The summed E-state index contributed by atoms with van der Waals surface area (Å²) in [6.07, 6.45) is 2.67. The van der Waals surface area contributed by atoms with Crippen LogP contribution < -0.4 is 5.73 Å². The standard InChI is InChI=1S/C7H10N2S/c1-9-4-2-3-6(9)5-7(8)10/h2-4H,5H2,1H3,(H2,8,10). The van der Waals surface area contributed by atoms with E-state index in [9.17, 15) is 0 Å². The first kappa shape index (κ1) is 7.28. The van der Waals surface area contributed by atoms with E-state index in [0.717, 1.165) is 5.69 Å². The SMILES string of the molecule is Cn1cccc1CC(N)=S. The van der Waals surface area contributed by atoms with Crippen LogP contribution in [0.1, 0.15) is 5.69 Å². The summed E-state index contributed by atoms with van der Waals surface area (Å²) >= 11 is 4.77. The van der Waals surface area contributed by atoms with E-state index in [1.54, 1.807) is 0 Å². The third kappa shape index (κ3) is 1.57. The average molecular weight is 154 g/mol. The average Bonchev–Trinajstić information content (AvgIpc) is 2.15. The zero-order valence-electron chi connectivity index (χ0n) is 5.87. The van der Waals surface area contributed by atoms with Gasteiger partial charge in [-0.2, -0.15) is 0 Å². The summed E-state index contributed by atoms with van der Waals surface area (Å²) in [7, 11) is 1.98. The molecule has 1 aromatic heterocycles. The maximum Gasteiger partial charge on any atom is 0.0786 e. The molecule has 0 radical (unpaired) electrons. The highest BCUT2D eigenvalue weighted by atomic mass is 32.1. The molecule has 0 amide bonds. The van der Waals surface area contributed by atoms with Crippen LogP contribution in [-0.2, 0) is 13.5 Å². The molecule has 0 saturated carbocycles. The van der Waals surface area contributed by atoms with Crippen LogP contribution in [0.25, 0.3) is 0 Å². The number of thiocarbonyl (C=S) groups is 1. The number of hydrogen-bond acceptors (Lipinski definition) is 1. The Morgan fingerprint density at radius 1 is 1.80 bits per heavy atom. The molecule has 10 heavy (non-hydrogen) atoms. The van der Waals surface area contributed by atoms with Gasteiger partial charge >= 0.3 is 0 Å². The van der Waals surface area contributed by atoms with E-state index in [0.29, 0.717) is 11.4 Å². The maximum atomic E-state index is 5.37. The Kier molecular flexibility index (Phi) is 2.06. The van der Waals surface area contributed by atoms with Gasteiger partial charge in [-0.15, -0.1) is 0 Å². The van der Waals surface area contributed by atoms with Gasteiger partial charge in [0.1, 0.15) is 0 Å². The lowest BCUT2D eigenvalue weighted by Crippen LogP contribution is -2.13. The van der Waals surface area contributed by atoms with Gasteiger partial charge in [0, 0.05) is 25.4 Å². The topological polar surface area (TPSA) is 30.9 Å². The van der Waals surface area contributed by atoms with Gasteiger partial charge < -0.3 is 10.3 Å². The first-order valence-electron chi connectivity index (χ1n) is 3.08. The summed E-state index contributed by atoms with van der Waals surface area (Å²) in [6, 6.07) is 3.99. The van der Waals surface area contributed by atoms with E-state index in [1.807, 2.05) is 29.9 Å². The number of nitrogens with two attached hydrogens (primary N) is 1. The molecule has 0 spiro atoms. The third-order valence-electron chi connectivity index (χ3n) is 1.41. The van der Waals surface area contributed by atoms with Crippen molar-refractivity contribution in [3.8, 4) is 0 Å². The molecular formula is C7H10N2S. The second-order valence-electron chi connectivity index (χ2n) is 2.25. The molecule has 0 saturated heterocycles. The predicted molar refractivity (Wildman–Crippen MR) is 45.9 cm³/mol. The summed E-state index contributed by atoms with van der Waals surface area (Å²) in [5, 5.41) is 0. The highest BCUT2D eigenvalue weighted by molar-refractivity contribution is 7.80. The second kappa shape index (κ2) is 2.84. The maximum absolute atomic E-state index is 5.37. The molecule has 1 rings (SSSR count). The van der Waals surface area contributed by atoms with Crippen LogP contribution in [0.2, 0.25) is 0 Å². The lowest BCUT2D eigenvalue weighted by molar-refractivity contribution is 0.867. The van der Waals surface area contributed by atoms with Gasteiger partial charge in [-0.3, -0.25) is 0 Å². The molecule has 0 aliphatic rings. The minimum absolute atomic E-state index is 0.543. The van der Waals surface area contributed by atoms with E-state index in [4.69, 9.17) is 18.0 Å². The van der Waals surface area contributed by atoms with Crippen LogP contribution in [-0.4, -0.2) is 9.56 Å². The fraction of sp³-hybridized carbons (Fsp3) is 0.286. The Morgan fingerprint density at radius 3 is 2.90 bits per heavy atom. The molecule has 3 heteroatoms. The van der Waals surface area contributed by atoms with Gasteiger partial charge in [-0.1, -0.05) is 12.2 Å². The van der Waals surface area contributed by atoms with Crippen molar-refractivity contribution in [2.24, 2.45) is 12.8 Å². The molecular weight excluding hydrogens is 144 g/mol. The number of aryl methyl sites for hydroxylation is 1. The molecule has 1 heterocycles. The minimum Gasteiger partial charge on any atom is -0.393 e. The molecule has 0 unspecified atom stereocenters. The molecule has 0 aromatic carbocycles. The second-order valence-corrected chi connectivity index (χ2v) is 2.78. The first-order valence-corrected chi connectivity index (χ1v) is 3.49. The lowest BCUT2D eigenvalue weighted by Gasteiger charge is -1.99. The largest absolute Gasteiger partial charge is 0.393 e. The fourth-order valence-electron chi connectivity index (χ4n) is 0.859. The zero-order valence-corrected chi connectivity index (χ0v) is 6.69. The summed E-state index contributed by atoms with van der Waals surface area (Å²) in [4.78, 5) is 0.543. The summed E-state index contributed by atoms with van der Waals surface area (Å²) in [5.74, 6) is 0. The van der Waals surface area contributed by atoms with E-state index < -0.39 is 0 Å². The molecule has 54 valence electrons. The molecule has 0 aliphatic heterocycles. The Bertz CT molecular complexity index is 240. The minimum atomic E-state index is 0.543. The highest BCUT2D eigenvalue weighted by Crippen LogP contribution is 1.99. The number of hydrogen-bond donors (Lipinski definition) is 1. The Morgan fingerprint density at radius 2 is 2.50 bits per heavy atom. The van der Waals surface area contributed by atoms with Crippen molar-refractivity contribution in [3.63, 3.8) is 0 Å². The van der Waals surface area contributed by atoms with Crippen molar-refractivity contribution in [3.05, 3.63) is 24.0 Å². The summed E-state index contributed by atoms with van der Waals surface area (Å²) < 4.78 is 2.01. The van der Waals surface area contributed by atoms with Crippen LogP contribution >= 0.6 is 12.2 Å². The molecule has 1 aromatic rings. The molecule has 0 fully saturated rings. The summed E-state index contributed by atoms with van der Waals surface area (Å²) in [5.41, 5.74) is 6.53. The Balaban J connectivity index is 2.74. The van der Waals surface area contributed by atoms with Gasteiger partial charge in [0.15, 0.2) is 0 Å². The Labute approximate surface area is 65.6 Å². The van der Waals surface area contributed by atoms with Gasteiger partial charge in [0.2, 0.25) is 0 Å². The Hall–Kier alpha value is -0.830. The van der Waals surface area contributed by atoms with Crippen molar-refractivity contribution in [2.45, 2.75) is 6.42 Å². The fourth-order valence-corrected chi connectivity index (χ4v) is 1.01. The van der Waals surface area contributed by atoms with E-state index in [1.165, 1.54) is 0 Å². The van der Waals surface area contributed by atoms with Crippen molar-refractivity contribution >= 4 is 17.2 Å². The van der Waals surface area contributed by atoms with Crippen molar-refractivity contribution in [1.29, 1.82) is 0 Å². The number of rotatable bonds is 2. The number of aromatic nitrogens is 1. The molecule has 2 nitrogen and oxygen atoms in total. The van der Waals surface area contributed by atoms with Crippen LogP contribution in [0.3, 0.4) is 0 Å². The van der Waals surface area contributed by atoms with Crippen LogP contribution in [0.5, 0.6) is 0 Å². The van der Waals surface area contributed by atoms with Crippen molar-refractivity contribution < 1.29 is 0 Å². The summed E-state index contributed by atoms with van der Waals surface area (Å²) in [6.45, 7) is 0. The van der Waals surface area contributed by atoms with Gasteiger partial charge in [-0.05, 0) is 12.1 Å². The smallest absolute Gasteiger partial charge is 0.0786 e. The normalized spacial score (nSPS) is 9.70. The monoisotopic (exact) mass is 154 g/mol. The lowest BCUT2D eigenvalue weighted by atomic mass is 10.3. The van der Waals surface area contributed by atoms with Gasteiger partial charge in [0.05, 0.1) is 4.99 Å². The third-order valence-corrected chi connectivity index (χ3v) is 1.55. The molecule has 0 atom stereocenters. The van der Waals surface area contributed by atoms with E-state index in [2.05, 4.69) is 0 Å². The predicted octanol–water partition coefficient (Wildman–Crippen LogP) is 0.854.